The molecule has 0 aliphatic heterocycles. The third kappa shape index (κ3) is 3.54. The molecule has 0 spiro atoms. The summed E-state index contributed by atoms with van der Waals surface area (Å²) in [4.78, 5) is 16.1. The van der Waals surface area contributed by atoms with Gasteiger partial charge in [0.2, 0.25) is 0 Å². The maximum atomic E-state index is 12.0. The third-order valence-corrected chi connectivity index (χ3v) is 3.16. The largest absolute Gasteiger partial charge is 0.385 e. The van der Waals surface area contributed by atoms with Gasteiger partial charge < -0.3 is 10.6 Å². The highest BCUT2D eigenvalue weighted by atomic mass is 79.9. The molecule has 5 heteroatoms. The summed E-state index contributed by atoms with van der Waals surface area (Å²) in [6, 6.07) is 11.0. The van der Waals surface area contributed by atoms with Crippen LogP contribution < -0.4 is 10.6 Å². The summed E-state index contributed by atoms with van der Waals surface area (Å²) < 4.78 is 0.757. The van der Waals surface area contributed by atoms with Gasteiger partial charge in [-0.25, -0.2) is 4.98 Å². The van der Waals surface area contributed by atoms with E-state index in [0.717, 1.165) is 16.7 Å². The Hall–Kier alpha value is -1.88. The number of carbonyl (C=O) groups is 1. The first-order valence-electron chi connectivity index (χ1n) is 5.96. The third-order valence-electron chi connectivity index (χ3n) is 2.52. The van der Waals surface area contributed by atoms with E-state index in [2.05, 4.69) is 31.5 Å². The molecule has 0 atom stereocenters. The van der Waals surface area contributed by atoms with Crippen LogP contribution in [0.25, 0.3) is 0 Å². The molecule has 0 saturated heterocycles. The topological polar surface area (TPSA) is 54.0 Å². The second-order valence-electron chi connectivity index (χ2n) is 3.90. The van der Waals surface area contributed by atoms with Crippen LogP contribution in [0.5, 0.6) is 0 Å². The van der Waals surface area contributed by atoms with Crippen LogP contribution in [0.3, 0.4) is 0 Å². The maximum Gasteiger partial charge on any atom is 0.256 e. The molecule has 1 heterocycles. The standard InChI is InChI=1S/C14H14BrN3O/c1-2-16-11-7-5-10(6-8-11)14(19)18-13-12(15)4-3-9-17-13/h3-9,16H,2H2,1H3,(H,17,18,19). The molecule has 2 aromatic rings. The van der Waals surface area contributed by atoms with Crippen molar-refractivity contribution in [3.05, 3.63) is 52.6 Å². The molecular formula is C14H14BrN3O. The Bertz CT molecular complexity index is 569. The van der Waals surface area contributed by atoms with E-state index in [4.69, 9.17) is 0 Å². The molecule has 2 N–H and O–H groups in total. The second kappa shape index (κ2) is 6.33. The SMILES string of the molecule is CCNc1ccc(C(=O)Nc2ncccc2Br)cc1. The van der Waals surface area contributed by atoms with Crippen LogP contribution in [0.4, 0.5) is 11.5 Å². The highest BCUT2D eigenvalue weighted by Gasteiger charge is 2.08. The highest BCUT2D eigenvalue weighted by Crippen LogP contribution is 2.19. The smallest absolute Gasteiger partial charge is 0.256 e. The minimum absolute atomic E-state index is 0.178. The average molecular weight is 320 g/mol. The van der Waals surface area contributed by atoms with Gasteiger partial charge in [-0.2, -0.15) is 0 Å². The van der Waals surface area contributed by atoms with Gasteiger partial charge in [0.15, 0.2) is 0 Å². The number of amides is 1. The van der Waals surface area contributed by atoms with Gasteiger partial charge in [-0.3, -0.25) is 4.79 Å². The summed E-state index contributed by atoms with van der Waals surface area (Å²) in [7, 11) is 0. The molecule has 0 unspecified atom stereocenters. The van der Waals surface area contributed by atoms with E-state index in [0.29, 0.717) is 11.4 Å². The number of benzene rings is 1. The molecule has 1 aromatic carbocycles. The summed E-state index contributed by atoms with van der Waals surface area (Å²) in [5, 5.41) is 5.94. The van der Waals surface area contributed by atoms with Gasteiger partial charge in [-0.05, 0) is 59.3 Å². The predicted octanol–water partition coefficient (Wildman–Crippen LogP) is 3.53. The lowest BCUT2D eigenvalue weighted by Gasteiger charge is -2.07. The first-order chi connectivity index (χ1) is 9.20. The molecule has 0 aliphatic carbocycles. The number of nitrogens with one attached hydrogen (secondary N) is 2. The summed E-state index contributed by atoms with van der Waals surface area (Å²) >= 11 is 3.34. The molecule has 19 heavy (non-hydrogen) atoms. The Morgan fingerprint density at radius 2 is 2.00 bits per heavy atom. The van der Waals surface area contributed by atoms with Crippen LogP contribution in [0, 0.1) is 0 Å². The Balaban J connectivity index is 2.10. The van der Waals surface area contributed by atoms with E-state index in [1.54, 1.807) is 24.4 Å². The number of halogens is 1. The minimum Gasteiger partial charge on any atom is -0.385 e. The number of hydrogen-bond acceptors (Lipinski definition) is 3. The van der Waals surface area contributed by atoms with Crippen molar-refractivity contribution < 1.29 is 4.79 Å². The van der Waals surface area contributed by atoms with Gasteiger partial charge in [0.05, 0.1) is 4.47 Å². The summed E-state index contributed by atoms with van der Waals surface area (Å²) in [5.41, 5.74) is 1.59. The monoisotopic (exact) mass is 319 g/mol. The van der Waals surface area contributed by atoms with E-state index in [1.165, 1.54) is 0 Å². The van der Waals surface area contributed by atoms with Gasteiger partial charge >= 0.3 is 0 Å². The molecule has 1 amide bonds. The van der Waals surface area contributed by atoms with Crippen LogP contribution in [0.15, 0.2) is 47.1 Å². The quantitative estimate of drug-likeness (QED) is 0.906. The number of pyridine rings is 1. The van der Waals surface area contributed by atoms with Gasteiger partial charge in [-0.1, -0.05) is 0 Å². The fraction of sp³-hybridized carbons (Fsp3) is 0.143. The molecule has 1 aromatic heterocycles. The lowest BCUT2D eigenvalue weighted by Crippen LogP contribution is -2.13. The normalized spacial score (nSPS) is 10.0. The summed E-state index contributed by atoms with van der Waals surface area (Å²) in [5.74, 6) is 0.339. The lowest BCUT2D eigenvalue weighted by molar-refractivity contribution is 0.102. The molecule has 2 rings (SSSR count). The van der Waals surface area contributed by atoms with Crippen LogP contribution in [0.2, 0.25) is 0 Å². The average Bonchev–Trinajstić information content (AvgIpc) is 2.42. The van der Waals surface area contributed by atoms with E-state index in [-0.39, 0.29) is 5.91 Å². The van der Waals surface area contributed by atoms with Crippen LogP contribution in [-0.2, 0) is 0 Å². The second-order valence-corrected chi connectivity index (χ2v) is 4.75. The van der Waals surface area contributed by atoms with Crippen LogP contribution >= 0.6 is 15.9 Å². The van der Waals surface area contributed by atoms with Gasteiger partial charge in [0, 0.05) is 24.0 Å². The Morgan fingerprint density at radius 3 is 2.63 bits per heavy atom. The van der Waals surface area contributed by atoms with E-state index in [9.17, 15) is 4.79 Å². The summed E-state index contributed by atoms with van der Waals surface area (Å²) in [6.07, 6.45) is 1.63. The van der Waals surface area contributed by atoms with E-state index < -0.39 is 0 Å². The van der Waals surface area contributed by atoms with E-state index >= 15 is 0 Å². The molecule has 0 radical (unpaired) electrons. The summed E-state index contributed by atoms with van der Waals surface area (Å²) in [6.45, 7) is 2.88. The molecule has 0 aliphatic rings. The first kappa shape index (κ1) is 13.5. The molecule has 4 nitrogen and oxygen atoms in total. The number of aromatic nitrogens is 1. The molecule has 0 bridgehead atoms. The zero-order valence-electron chi connectivity index (χ0n) is 10.5. The fourth-order valence-corrected chi connectivity index (χ4v) is 1.96. The van der Waals surface area contributed by atoms with Crippen molar-refractivity contribution >= 4 is 33.3 Å². The number of rotatable bonds is 4. The van der Waals surface area contributed by atoms with Crippen molar-refractivity contribution in [3.63, 3.8) is 0 Å². The number of hydrogen-bond donors (Lipinski definition) is 2. The lowest BCUT2D eigenvalue weighted by atomic mass is 10.2. The van der Waals surface area contributed by atoms with Crippen LogP contribution in [-0.4, -0.2) is 17.4 Å². The Kier molecular flexibility index (Phi) is 4.52. The number of carbonyl (C=O) groups excluding carboxylic acids is 1. The van der Waals surface area contributed by atoms with Gasteiger partial charge in [0.25, 0.3) is 5.91 Å². The zero-order chi connectivity index (χ0) is 13.7. The fourth-order valence-electron chi connectivity index (χ4n) is 1.60. The Labute approximate surface area is 120 Å². The van der Waals surface area contributed by atoms with Crippen molar-refractivity contribution in [1.29, 1.82) is 0 Å². The maximum absolute atomic E-state index is 12.0. The Morgan fingerprint density at radius 1 is 1.26 bits per heavy atom. The molecule has 0 saturated carbocycles. The van der Waals surface area contributed by atoms with E-state index in [1.807, 2.05) is 25.1 Å². The minimum atomic E-state index is -0.178. The van der Waals surface area contributed by atoms with Crippen LogP contribution in [0.1, 0.15) is 17.3 Å². The van der Waals surface area contributed by atoms with Crippen molar-refractivity contribution in [2.45, 2.75) is 6.92 Å². The van der Waals surface area contributed by atoms with Crippen molar-refractivity contribution in [1.82, 2.24) is 4.98 Å². The highest BCUT2D eigenvalue weighted by molar-refractivity contribution is 9.10. The van der Waals surface area contributed by atoms with Crippen molar-refractivity contribution in [2.24, 2.45) is 0 Å². The van der Waals surface area contributed by atoms with Crippen molar-refractivity contribution in [3.8, 4) is 0 Å². The molecular weight excluding hydrogens is 306 g/mol. The van der Waals surface area contributed by atoms with Gasteiger partial charge in [-0.15, -0.1) is 0 Å². The zero-order valence-corrected chi connectivity index (χ0v) is 12.1. The predicted molar refractivity (Wildman–Crippen MR) is 80.5 cm³/mol. The van der Waals surface area contributed by atoms with Gasteiger partial charge in [0.1, 0.15) is 5.82 Å². The molecule has 0 fully saturated rings. The molecule has 98 valence electrons. The number of nitrogens with zero attached hydrogens (tertiary/aromatic N) is 1. The van der Waals surface area contributed by atoms with Crippen molar-refractivity contribution in [2.75, 3.05) is 17.2 Å². The first-order valence-corrected chi connectivity index (χ1v) is 6.76. The number of anilines is 2.